The number of halogens is 1. The van der Waals surface area contributed by atoms with E-state index in [1.807, 2.05) is 26.8 Å². The van der Waals surface area contributed by atoms with E-state index in [4.69, 9.17) is 4.74 Å². The van der Waals surface area contributed by atoms with Crippen molar-refractivity contribution < 1.29 is 18.7 Å². The fourth-order valence-electron chi connectivity index (χ4n) is 3.13. The number of anilines is 1. The highest BCUT2D eigenvalue weighted by molar-refractivity contribution is 6.02. The molecular formula is C21H23FN2O3. The van der Waals surface area contributed by atoms with Gasteiger partial charge in [-0.1, -0.05) is 45.0 Å². The van der Waals surface area contributed by atoms with Gasteiger partial charge in [0.15, 0.2) is 6.61 Å². The van der Waals surface area contributed by atoms with Gasteiger partial charge in [-0.2, -0.15) is 0 Å². The van der Waals surface area contributed by atoms with Crippen LogP contribution < -0.4 is 15.0 Å². The number of nitrogens with one attached hydrogen (secondary N) is 1. The van der Waals surface area contributed by atoms with Crippen molar-refractivity contribution in [3.8, 4) is 5.75 Å². The van der Waals surface area contributed by atoms with Gasteiger partial charge in [-0.15, -0.1) is 0 Å². The van der Waals surface area contributed by atoms with Crippen LogP contribution in [0, 0.1) is 11.2 Å². The van der Waals surface area contributed by atoms with Crippen molar-refractivity contribution in [2.75, 3.05) is 18.1 Å². The molecule has 1 unspecified atom stereocenters. The number of ether oxygens (including phenoxy) is 1. The molecule has 0 radical (unpaired) electrons. The highest BCUT2D eigenvalue weighted by Crippen LogP contribution is 2.34. The summed E-state index contributed by atoms with van der Waals surface area (Å²) in [5, 5.41) is 3.00. The molecule has 1 aliphatic heterocycles. The van der Waals surface area contributed by atoms with Crippen molar-refractivity contribution in [2.24, 2.45) is 5.41 Å². The molecular weight excluding hydrogens is 347 g/mol. The lowest BCUT2D eigenvalue weighted by Gasteiger charge is -2.34. The van der Waals surface area contributed by atoms with Crippen molar-refractivity contribution in [3.63, 3.8) is 0 Å². The molecule has 2 aromatic carbocycles. The predicted molar refractivity (Wildman–Crippen MR) is 101 cm³/mol. The van der Waals surface area contributed by atoms with Crippen molar-refractivity contribution in [2.45, 2.75) is 26.8 Å². The molecule has 1 heterocycles. The summed E-state index contributed by atoms with van der Waals surface area (Å²) in [5.74, 6) is -0.300. The molecule has 0 aromatic heterocycles. The van der Waals surface area contributed by atoms with Crippen molar-refractivity contribution in [1.29, 1.82) is 0 Å². The fourth-order valence-corrected chi connectivity index (χ4v) is 3.13. The summed E-state index contributed by atoms with van der Waals surface area (Å²) in [4.78, 5) is 26.4. The zero-order valence-corrected chi connectivity index (χ0v) is 15.7. The van der Waals surface area contributed by atoms with Crippen LogP contribution in [-0.4, -0.2) is 25.0 Å². The van der Waals surface area contributed by atoms with Gasteiger partial charge >= 0.3 is 0 Å². The molecule has 0 fully saturated rings. The van der Waals surface area contributed by atoms with Crippen LogP contribution >= 0.6 is 0 Å². The molecule has 0 saturated carbocycles. The maximum atomic E-state index is 13.3. The van der Waals surface area contributed by atoms with Crippen LogP contribution in [0.25, 0.3) is 0 Å². The topological polar surface area (TPSA) is 58.6 Å². The Morgan fingerprint density at radius 1 is 1.19 bits per heavy atom. The first-order valence-corrected chi connectivity index (χ1v) is 8.83. The molecule has 142 valence electrons. The van der Waals surface area contributed by atoms with E-state index in [1.54, 1.807) is 30.3 Å². The van der Waals surface area contributed by atoms with Crippen LogP contribution in [0.3, 0.4) is 0 Å². The SMILES string of the molecule is CC(C)(C)C(NC(=O)CN1C(=O)COc2ccccc21)c1ccc(F)cc1. The third kappa shape index (κ3) is 4.27. The number of hydrogen-bond donors (Lipinski definition) is 1. The van der Waals surface area contributed by atoms with Gasteiger partial charge < -0.3 is 10.1 Å². The standard InChI is InChI=1S/C21H23FN2O3/c1-21(2,3)20(14-8-10-15(22)11-9-14)23-18(25)12-24-16-6-4-5-7-17(16)27-13-19(24)26/h4-11,20H,12-13H2,1-3H3,(H,23,25). The Labute approximate surface area is 158 Å². The first-order valence-electron chi connectivity index (χ1n) is 8.83. The Kier molecular flexibility index (Phi) is 5.17. The van der Waals surface area contributed by atoms with Gasteiger partial charge in [0.1, 0.15) is 18.1 Å². The summed E-state index contributed by atoms with van der Waals surface area (Å²) < 4.78 is 18.7. The maximum absolute atomic E-state index is 13.3. The van der Waals surface area contributed by atoms with Gasteiger partial charge in [0.25, 0.3) is 5.91 Å². The van der Waals surface area contributed by atoms with Crippen molar-refractivity contribution >= 4 is 17.5 Å². The van der Waals surface area contributed by atoms with E-state index in [2.05, 4.69) is 5.32 Å². The molecule has 27 heavy (non-hydrogen) atoms. The molecule has 0 bridgehead atoms. The van der Waals surface area contributed by atoms with Crippen molar-refractivity contribution in [1.82, 2.24) is 5.32 Å². The van der Waals surface area contributed by atoms with Gasteiger partial charge in [-0.05, 0) is 35.2 Å². The summed E-state index contributed by atoms with van der Waals surface area (Å²) in [6, 6.07) is 12.9. The number of fused-ring (bicyclic) bond motifs is 1. The second kappa shape index (κ2) is 7.39. The lowest BCUT2D eigenvalue weighted by atomic mass is 9.82. The van der Waals surface area contributed by atoms with Crippen LogP contribution in [-0.2, 0) is 9.59 Å². The number of amides is 2. The van der Waals surface area contributed by atoms with Gasteiger partial charge in [-0.25, -0.2) is 4.39 Å². The van der Waals surface area contributed by atoms with Crippen LogP contribution in [0.4, 0.5) is 10.1 Å². The summed E-state index contributed by atoms with van der Waals surface area (Å²) in [5.41, 5.74) is 1.10. The molecule has 0 saturated heterocycles. The first-order chi connectivity index (χ1) is 12.8. The second-order valence-electron chi connectivity index (χ2n) is 7.65. The lowest BCUT2D eigenvalue weighted by Crippen LogP contribution is -2.47. The van der Waals surface area contributed by atoms with Crippen molar-refractivity contribution in [3.05, 3.63) is 59.9 Å². The Hall–Kier alpha value is -2.89. The van der Waals surface area contributed by atoms with Gasteiger partial charge in [0, 0.05) is 0 Å². The number of hydrogen-bond acceptors (Lipinski definition) is 3. The van der Waals surface area contributed by atoms with E-state index in [0.29, 0.717) is 11.4 Å². The highest BCUT2D eigenvalue weighted by Gasteiger charge is 2.31. The minimum atomic E-state index is -0.326. The first kappa shape index (κ1) is 18.9. The maximum Gasteiger partial charge on any atom is 0.265 e. The minimum absolute atomic E-state index is 0.0923. The monoisotopic (exact) mass is 370 g/mol. The van der Waals surface area contributed by atoms with Gasteiger partial charge in [0.05, 0.1) is 11.7 Å². The Morgan fingerprint density at radius 2 is 1.85 bits per heavy atom. The quantitative estimate of drug-likeness (QED) is 0.897. The zero-order valence-electron chi connectivity index (χ0n) is 15.7. The minimum Gasteiger partial charge on any atom is -0.482 e. The molecule has 1 atom stereocenters. The number of carbonyl (C=O) groups is 2. The highest BCUT2D eigenvalue weighted by atomic mass is 19.1. The predicted octanol–water partition coefficient (Wildman–Crippen LogP) is 3.45. The average molecular weight is 370 g/mol. The molecule has 6 heteroatoms. The lowest BCUT2D eigenvalue weighted by molar-refractivity contribution is -0.126. The van der Waals surface area contributed by atoms with Gasteiger partial charge in [-0.3, -0.25) is 14.5 Å². The van der Waals surface area contributed by atoms with Crippen LogP contribution in [0.2, 0.25) is 0 Å². The Bertz CT molecular complexity index is 843. The third-order valence-corrected chi connectivity index (χ3v) is 4.48. The Morgan fingerprint density at radius 3 is 2.52 bits per heavy atom. The van der Waals surface area contributed by atoms with Crippen LogP contribution in [0.5, 0.6) is 5.75 Å². The number of carbonyl (C=O) groups excluding carboxylic acids is 2. The van der Waals surface area contributed by atoms with Gasteiger partial charge in [0.2, 0.25) is 5.91 Å². The molecule has 0 spiro atoms. The second-order valence-corrected chi connectivity index (χ2v) is 7.65. The summed E-state index contributed by atoms with van der Waals surface area (Å²) in [6.45, 7) is 5.79. The number of rotatable bonds is 4. The normalized spacial score (nSPS) is 15.0. The number of benzene rings is 2. The zero-order chi connectivity index (χ0) is 19.6. The average Bonchev–Trinajstić information content (AvgIpc) is 2.62. The molecule has 2 aromatic rings. The molecule has 5 nitrogen and oxygen atoms in total. The smallest absolute Gasteiger partial charge is 0.265 e. The van der Waals surface area contributed by atoms with E-state index in [-0.39, 0.29) is 42.2 Å². The van der Waals surface area contributed by atoms with E-state index in [0.717, 1.165) is 5.56 Å². The largest absolute Gasteiger partial charge is 0.482 e. The van der Waals surface area contributed by atoms with E-state index >= 15 is 0 Å². The molecule has 1 N–H and O–H groups in total. The fraction of sp³-hybridized carbons (Fsp3) is 0.333. The number of nitrogens with zero attached hydrogens (tertiary/aromatic N) is 1. The van der Waals surface area contributed by atoms with Crippen LogP contribution in [0.1, 0.15) is 32.4 Å². The van der Waals surface area contributed by atoms with E-state index < -0.39 is 0 Å². The molecule has 1 aliphatic rings. The summed E-state index contributed by atoms with van der Waals surface area (Å²) >= 11 is 0. The third-order valence-electron chi connectivity index (χ3n) is 4.48. The summed E-state index contributed by atoms with van der Waals surface area (Å²) in [7, 11) is 0. The molecule has 3 rings (SSSR count). The number of para-hydroxylation sites is 2. The van der Waals surface area contributed by atoms with E-state index in [9.17, 15) is 14.0 Å². The molecule has 2 amide bonds. The van der Waals surface area contributed by atoms with E-state index in [1.165, 1.54) is 17.0 Å². The summed E-state index contributed by atoms with van der Waals surface area (Å²) in [6.07, 6.45) is 0. The van der Waals surface area contributed by atoms with Crippen LogP contribution in [0.15, 0.2) is 48.5 Å². The Balaban J connectivity index is 1.79. The molecule has 0 aliphatic carbocycles.